The first-order valence-electron chi connectivity index (χ1n) is 9.66. The summed E-state index contributed by atoms with van der Waals surface area (Å²) in [6.07, 6.45) is 3.24. The van der Waals surface area contributed by atoms with Crippen molar-refractivity contribution in [3.05, 3.63) is 76.2 Å². The summed E-state index contributed by atoms with van der Waals surface area (Å²) in [4.78, 5) is 33.7. The number of anilines is 1. The quantitative estimate of drug-likeness (QED) is 0.554. The number of carbonyl (C=O) groups excluding carboxylic acids is 1. The Morgan fingerprint density at radius 3 is 2.63 bits per heavy atom. The van der Waals surface area contributed by atoms with E-state index in [1.807, 2.05) is 39.0 Å². The molecule has 0 radical (unpaired) electrons. The lowest BCUT2D eigenvalue weighted by Crippen LogP contribution is -2.23. The number of pyridine rings is 1. The summed E-state index contributed by atoms with van der Waals surface area (Å²) in [5.74, 6) is 0.481. The molecule has 4 aromatic rings. The second kappa shape index (κ2) is 7.90. The highest BCUT2D eigenvalue weighted by molar-refractivity contribution is 5.90. The van der Waals surface area contributed by atoms with Crippen LogP contribution in [0.15, 0.2) is 53.7 Å². The number of rotatable bonds is 5. The Kier molecular flexibility index (Phi) is 5.14. The molecule has 0 fully saturated rings. The van der Waals surface area contributed by atoms with Crippen molar-refractivity contribution < 1.29 is 4.79 Å². The number of nitrogens with one attached hydrogen (secondary N) is 1. The lowest BCUT2D eigenvalue weighted by molar-refractivity contribution is -0.116. The molecule has 0 saturated heterocycles. The molecule has 1 aromatic carbocycles. The van der Waals surface area contributed by atoms with Crippen LogP contribution < -0.4 is 10.9 Å². The van der Waals surface area contributed by atoms with E-state index in [0.29, 0.717) is 22.4 Å². The number of amides is 1. The summed E-state index contributed by atoms with van der Waals surface area (Å²) >= 11 is 0. The van der Waals surface area contributed by atoms with Gasteiger partial charge in [0.05, 0.1) is 34.8 Å². The van der Waals surface area contributed by atoms with E-state index in [-0.39, 0.29) is 24.4 Å². The third kappa shape index (κ3) is 3.84. The Hall–Kier alpha value is -3.81. The highest BCUT2D eigenvalue weighted by Gasteiger charge is 2.09. The zero-order valence-corrected chi connectivity index (χ0v) is 17.1. The number of hydrogen-bond donors (Lipinski definition) is 1. The van der Waals surface area contributed by atoms with Crippen LogP contribution in [0.2, 0.25) is 0 Å². The van der Waals surface area contributed by atoms with E-state index < -0.39 is 0 Å². The number of nitrogens with zero attached hydrogens (tertiary/aromatic N) is 5. The summed E-state index contributed by atoms with van der Waals surface area (Å²) in [7, 11) is 0. The number of hydrogen-bond acceptors (Lipinski definition) is 5. The number of aryl methyl sites for hydroxylation is 4. The number of aromatic nitrogens is 5. The zero-order valence-electron chi connectivity index (χ0n) is 17.1. The molecule has 0 spiro atoms. The minimum Gasteiger partial charge on any atom is -0.325 e. The van der Waals surface area contributed by atoms with Crippen molar-refractivity contribution in [2.24, 2.45) is 0 Å². The van der Waals surface area contributed by atoms with Gasteiger partial charge >= 0.3 is 0 Å². The van der Waals surface area contributed by atoms with E-state index in [1.54, 1.807) is 29.1 Å². The lowest BCUT2D eigenvalue weighted by atomic mass is 10.1. The maximum atomic E-state index is 12.6. The molecule has 4 rings (SSSR count). The van der Waals surface area contributed by atoms with E-state index in [2.05, 4.69) is 20.4 Å². The maximum absolute atomic E-state index is 12.6. The van der Waals surface area contributed by atoms with Crippen molar-refractivity contribution in [1.82, 2.24) is 24.3 Å². The Morgan fingerprint density at radius 2 is 1.93 bits per heavy atom. The molecule has 0 aliphatic rings. The zero-order chi connectivity index (χ0) is 21.3. The van der Waals surface area contributed by atoms with Gasteiger partial charge in [0.1, 0.15) is 0 Å². The molecule has 8 nitrogen and oxygen atoms in total. The molecule has 152 valence electrons. The standard InChI is InChI=1S/C22H22N6O2/c1-14-5-4-6-18-21(14)24-13-27(22(18)30)10-9-20(29)25-17-7-8-19(23-12-17)28-16(3)11-15(2)26-28/h4-8,11-13H,9-10H2,1-3H3,(H,25,29). The van der Waals surface area contributed by atoms with E-state index >= 15 is 0 Å². The van der Waals surface area contributed by atoms with Crippen LogP contribution in [0, 0.1) is 20.8 Å². The van der Waals surface area contributed by atoms with E-state index in [4.69, 9.17) is 0 Å². The van der Waals surface area contributed by atoms with E-state index in [0.717, 1.165) is 17.0 Å². The van der Waals surface area contributed by atoms with Crippen LogP contribution in [0.5, 0.6) is 0 Å². The normalized spacial score (nSPS) is 11.0. The van der Waals surface area contributed by atoms with Crippen LogP contribution in [0.3, 0.4) is 0 Å². The van der Waals surface area contributed by atoms with Crippen molar-refractivity contribution in [2.45, 2.75) is 33.7 Å². The third-order valence-electron chi connectivity index (χ3n) is 4.89. The number of para-hydroxylation sites is 1. The van der Waals surface area contributed by atoms with Gasteiger partial charge in [-0.1, -0.05) is 12.1 Å². The van der Waals surface area contributed by atoms with Crippen molar-refractivity contribution in [2.75, 3.05) is 5.32 Å². The maximum Gasteiger partial charge on any atom is 0.261 e. The van der Waals surface area contributed by atoms with Crippen molar-refractivity contribution in [3.63, 3.8) is 0 Å². The number of fused-ring (bicyclic) bond motifs is 1. The Balaban J connectivity index is 1.42. The van der Waals surface area contributed by atoms with Crippen LogP contribution in [0.4, 0.5) is 5.69 Å². The van der Waals surface area contributed by atoms with Gasteiger partial charge in [0.2, 0.25) is 5.91 Å². The molecule has 0 atom stereocenters. The van der Waals surface area contributed by atoms with Gasteiger partial charge in [-0.15, -0.1) is 0 Å². The van der Waals surface area contributed by atoms with Gasteiger partial charge in [-0.2, -0.15) is 5.10 Å². The second-order valence-electron chi connectivity index (χ2n) is 7.26. The lowest BCUT2D eigenvalue weighted by Gasteiger charge is -2.09. The minimum absolute atomic E-state index is 0.146. The minimum atomic E-state index is -0.202. The second-order valence-corrected chi connectivity index (χ2v) is 7.26. The molecule has 0 unspecified atom stereocenters. The van der Waals surface area contributed by atoms with Crippen LogP contribution in [-0.4, -0.2) is 30.2 Å². The first-order valence-corrected chi connectivity index (χ1v) is 9.66. The number of benzene rings is 1. The molecular formula is C22H22N6O2. The molecule has 0 aliphatic heterocycles. The Labute approximate surface area is 173 Å². The highest BCUT2D eigenvalue weighted by Crippen LogP contribution is 2.14. The molecule has 8 heteroatoms. The average Bonchev–Trinajstić information content (AvgIpc) is 3.06. The Morgan fingerprint density at radius 1 is 1.10 bits per heavy atom. The SMILES string of the molecule is Cc1cc(C)n(-c2ccc(NC(=O)CCn3cnc4c(C)cccc4c3=O)cn2)n1. The van der Waals surface area contributed by atoms with Crippen LogP contribution in [0.25, 0.3) is 16.7 Å². The fourth-order valence-electron chi connectivity index (χ4n) is 3.39. The first-order chi connectivity index (χ1) is 14.4. The fraction of sp³-hybridized carbons (Fsp3) is 0.227. The smallest absolute Gasteiger partial charge is 0.261 e. The summed E-state index contributed by atoms with van der Waals surface area (Å²) in [6, 6.07) is 11.1. The predicted octanol–water partition coefficient (Wildman–Crippen LogP) is 2.93. The predicted molar refractivity (Wildman–Crippen MR) is 115 cm³/mol. The number of carbonyl (C=O) groups is 1. The molecule has 0 bridgehead atoms. The molecule has 1 amide bonds. The summed E-state index contributed by atoms with van der Waals surface area (Å²) in [5, 5.41) is 7.76. The molecule has 3 heterocycles. The molecule has 0 saturated carbocycles. The van der Waals surface area contributed by atoms with Gasteiger partial charge in [0.15, 0.2) is 5.82 Å². The topological polar surface area (TPSA) is 94.7 Å². The van der Waals surface area contributed by atoms with Gasteiger partial charge in [0, 0.05) is 18.7 Å². The van der Waals surface area contributed by atoms with Crippen molar-refractivity contribution in [3.8, 4) is 5.82 Å². The third-order valence-corrected chi connectivity index (χ3v) is 4.89. The molecule has 1 N–H and O–H groups in total. The molecule has 3 aromatic heterocycles. The van der Waals surface area contributed by atoms with Gasteiger partial charge in [-0.25, -0.2) is 14.6 Å². The van der Waals surface area contributed by atoms with Gasteiger partial charge in [-0.05, 0) is 50.6 Å². The van der Waals surface area contributed by atoms with Gasteiger partial charge in [-0.3, -0.25) is 14.2 Å². The largest absolute Gasteiger partial charge is 0.325 e. The van der Waals surface area contributed by atoms with Crippen molar-refractivity contribution in [1.29, 1.82) is 0 Å². The van der Waals surface area contributed by atoms with Gasteiger partial charge in [0.25, 0.3) is 5.56 Å². The molecular weight excluding hydrogens is 380 g/mol. The van der Waals surface area contributed by atoms with Crippen molar-refractivity contribution >= 4 is 22.5 Å². The fourth-order valence-corrected chi connectivity index (χ4v) is 3.39. The average molecular weight is 402 g/mol. The highest BCUT2D eigenvalue weighted by atomic mass is 16.2. The van der Waals surface area contributed by atoms with Crippen LogP contribution in [0.1, 0.15) is 23.4 Å². The monoisotopic (exact) mass is 402 g/mol. The molecule has 0 aliphatic carbocycles. The van der Waals surface area contributed by atoms with E-state index in [1.165, 1.54) is 10.9 Å². The summed E-state index contributed by atoms with van der Waals surface area (Å²) in [5.41, 5.74) is 3.99. The Bertz CT molecular complexity index is 1290. The summed E-state index contributed by atoms with van der Waals surface area (Å²) < 4.78 is 3.22. The van der Waals surface area contributed by atoms with E-state index in [9.17, 15) is 9.59 Å². The molecule has 30 heavy (non-hydrogen) atoms. The first kappa shape index (κ1) is 19.5. The van der Waals surface area contributed by atoms with Gasteiger partial charge < -0.3 is 5.32 Å². The van der Waals surface area contributed by atoms with Crippen LogP contribution in [-0.2, 0) is 11.3 Å². The van der Waals surface area contributed by atoms with Crippen LogP contribution >= 0.6 is 0 Å². The summed E-state index contributed by atoms with van der Waals surface area (Å²) in [6.45, 7) is 6.05.